The van der Waals surface area contributed by atoms with Crippen molar-refractivity contribution >= 4 is 11.8 Å². The standard InChI is InChI=1S/C21H34N4O2/c1-17(18-9-7-6-8-10-18)24-11-13-25(14-12-24)20(27)16-23(5)15-19(26)22-21(2,3)4/h6-10,17H,11-16H2,1-5H3,(H,22,26)/t17-/m1/s1. The molecule has 1 fully saturated rings. The van der Waals surface area contributed by atoms with Gasteiger partial charge in [0.15, 0.2) is 0 Å². The normalized spacial score (nSPS) is 17.0. The van der Waals surface area contributed by atoms with Gasteiger partial charge in [0.05, 0.1) is 13.1 Å². The molecule has 1 N–H and O–H groups in total. The van der Waals surface area contributed by atoms with Gasteiger partial charge in [-0.3, -0.25) is 19.4 Å². The van der Waals surface area contributed by atoms with Crippen LogP contribution in [0.25, 0.3) is 0 Å². The molecule has 1 aliphatic rings. The summed E-state index contributed by atoms with van der Waals surface area (Å²) in [5.74, 6) is 0.0346. The zero-order chi connectivity index (χ0) is 20.0. The minimum absolute atomic E-state index is 0.0562. The first kappa shape index (κ1) is 21.4. The Morgan fingerprint density at radius 1 is 1.07 bits per heavy atom. The van der Waals surface area contributed by atoms with Gasteiger partial charge in [-0.15, -0.1) is 0 Å². The number of carbonyl (C=O) groups excluding carboxylic acids is 2. The molecule has 0 aromatic heterocycles. The minimum Gasteiger partial charge on any atom is -0.350 e. The predicted molar refractivity (Wildman–Crippen MR) is 108 cm³/mol. The fourth-order valence-electron chi connectivity index (χ4n) is 3.39. The van der Waals surface area contributed by atoms with Gasteiger partial charge in [0.1, 0.15) is 0 Å². The van der Waals surface area contributed by atoms with Crippen LogP contribution in [0.15, 0.2) is 30.3 Å². The lowest BCUT2D eigenvalue weighted by Crippen LogP contribution is -2.52. The number of hydrogen-bond donors (Lipinski definition) is 1. The monoisotopic (exact) mass is 374 g/mol. The summed E-state index contributed by atoms with van der Waals surface area (Å²) in [4.78, 5) is 30.7. The molecule has 0 unspecified atom stereocenters. The molecule has 1 aliphatic heterocycles. The van der Waals surface area contributed by atoms with Crippen LogP contribution in [-0.4, -0.2) is 78.4 Å². The summed E-state index contributed by atoms with van der Waals surface area (Å²) >= 11 is 0. The summed E-state index contributed by atoms with van der Waals surface area (Å²) in [7, 11) is 1.81. The Balaban J connectivity index is 1.77. The van der Waals surface area contributed by atoms with Crippen molar-refractivity contribution in [1.82, 2.24) is 20.0 Å². The molecule has 2 rings (SSSR count). The minimum atomic E-state index is -0.256. The van der Waals surface area contributed by atoms with E-state index >= 15 is 0 Å². The van der Waals surface area contributed by atoms with Crippen LogP contribution in [0, 0.1) is 0 Å². The lowest BCUT2D eigenvalue weighted by molar-refractivity contribution is -0.134. The highest BCUT2D eigenvalue weighted by molar-refractivity contribution is 5.81. The third kappa shape index (κ3) is 6.96. The summed E-state index contributed by atoms with van der Waals surface area (Å²) in [5.41, 5.74) is 1.05. The second-order valence-electron chi connectivity index (χ2n) is 8.47. The highest BCUT2D eigenvalue weighted by Gasteiger charge is 2.25. The number of nitrogens with zero attached hydrogens (tertiary/aromatic N) is 3. The van der Waals surface area contributed by atoms with Crippen molar-refractivity contribution in [3.63, 3.8) is 0 Å². The average molecular weight is 375 g/mol. The zero-order valence-electron chi connectivity index (χ0n) is 17.4. The Morgan fingerprint density at radius 3 is 2.22 bits per heavy atom. The third-order valence-corrected chi connectivity index (χ3v) is 4.83. The van der Waals surface area contributed by atoms with Crippen molar-refractivity contribution in [3.05, 3.63) is 35.9 Å². The summed E-state index contributed by atoms with van der Waals surface area (Å²) in [6.07, 6.45) is 0. The maximum absolute atomic E-state index is 12.6. The van der Waals surface area contributed by atoms with Crippen molar-refractivity contribution < 1.29 is 9.59 Å². The summed E-state index contributed by atoms with van der Waals surface area (Å²) in [5, 5.41) is 2.92. The van der Waals surface area contributed by atoms with E-state index in [2.05, 4.69) is 41.4 Å². The van der Waals surface area contributed by atoms with Gasteiger partial charge in [0.2, 0.25) is 11.8 Å². The first-order chi connectivity index (χ1) is 12.7. The Hall–Kier alpha value is -1.92. The molecule has 150 valence electrons. The van der Waals surface area contributed by atoms with Crippen molar-refractivity contribution in [1.29, 1.82) is 0 Å². The smallest absolute Gasteiger partial charge is 0.236 e. The van der Waals surface area contributed by atoms with Crippen LogP contribution in [0.4, 0.5) is 0 Å². The van der Waals surface area contributed by atoms with Crippen LogP contribution >= 0.6 is 0 Å². The second kappa shape index (κ2) is 9.33. The van der Waals surface area contributed by atoms with E-state index in [0.29, 0.717) is 6.04 Å². The van der Waals surface area contributed by atoms with Gasteiger partial charge in [-0.2, -0.15) is 0 Å². The molecule has 0 saturated carbocycles. The van der Waals surface area contributed by atoms with Crippen LogP contribution in [0.1, 0.15) is 39.3 Å². The van der Waals surface area contributed by atoms with Crippen LogP contribution in [0.3, 0.4) is 0 Å². The van der Waals surface area contributed by atoms with Crippen LogP contribution in [0.2, 0.25) is 0 Å². The summed E-state index contributed by atoms with van der Waals surface area (Å²) in [6, 6.07) is 10.8. The van der Waals surface area contributed by atoms with Crippen LogP contribution in [-0.2, 0) is 9.59 Å². The molecule has 1 aromatic rings. The number of carbonyl (C=O) groups is 2. The van der Waals surface area contributed by atoms with E-state index in [4.69, 9.17) is 0 Å². The average Bonchev–Trinajstić information content (AvgIpc) is 2.60. The van der Waals surface area contributed by atoms with E-state index in [1.165, 1.54) is 5.56 Å². The lowest BCUT2D eigenvalue weighted by atomic mass is 10.1. The number of benzene rings is 1. The Kier molecular flexibility index (Phi) is 7.39. The van der Waals surface area contributed by atoms with Gasteiger partial charge in [0.25, 0.3) is 0 Å². The van der Waals surface area contributed by atoms with E-state index in [9.17, 15) is 9.59 Å². The fourth-order valence-corrected chi connectivity index (χ4v) is 3.39. The lowest BCUT2D eigenvalue weighted by Gasteiger charge is -2.38. The third-order valence-electron chi connectivity index (χ3n) is 4.83. The Bertz CT molecular complexity index is 619. The fraction of sp³-hybridized carbons (Fsp3) is 0.619. The molecule has 6 heteroatoms. The van der Waals surface area contributed by atoms with E-state index in [0.717, 1.165) is 26.2 Å². The molecular formula is C21H34N4O2. The molecule has 27 heavy (non-hydrogen) atoms. The number of amides is 2. The number of rotatable bonds is 6. The SMILES string of the molecule is C[C@H](c1ccccc1)N1CCN(C(=O)CN(C)CC(=O)NC(C)(C)C)CC1. The molecule has 2 amide bonds. The topological polar surface area (TPSA) is 55.9 Å². The molecule has 6 nitrogen and oxygen atoms in total. The van der Waals surface area contributed by atoms with Gasteiger partial charge in [-0.25, -0.2) is 0 Å². The van der Waals surface area contributed by atoms with E-state index in [-0.39, 0.29) is 30.4 Å². The number of piperazine rings is 1. The maximum Gasteiger partial charge on any atom is 0.236 e. The van der Waals surface area contributed by atoms with Crippen LogP contribution < -0.4 is 5.32 Å². The molecule has 1 aromatic carbocycles. The molecule has 1 saturated heterocycles. The second-order valence-corrected chi connectivity index (χ2v) is 8.47. The molecular weight excluding hydrogens is 340 g/mol. The van der Waals surface area contributed by atoms with Crippen molar-refractivity contribution in [2.75, 3.05) is 46.3 Å². The largest absolute Gasteiger partial charge is 0.350 e. The Morgan fingerprint density at radius 2 is 1.67 bits per heavy atom. The molecule has 0 spiro atoms. The van der Waals surface area contributed by atoms with Gasteiger partial charge >= 0.3 is 0 Å². The number of likely N-dealkylation sites (N-methyl/N-ethyl adjacent to an activating group) is 1. The van der Waals surface area contributed by atoms with Gasteiger partial charge in [-0.05, 0) is 40.3 Å². The molecule has 0 aliphatic carbocycles. The maximum atomic E-state index is 12.6. The first-order valence-electron chi connectivity index (χ1n) is 9.72. The number of hydrogen-bond acceptors (Lipinski definition) is 4. The first-order valence-corrected chi connectivity index (χ1v) is 9.72. The van der Waals surface area contributed by atoms with Crippen molar-refractivity contribution in [2.45, 2.75) is 39.3 Å². The summed E-state index contributed by atoms with van der Waals surface area (Å²) in [6.45, 7) is 11.8. The molecule has 0 radical (unpaired) electrons. The Labute approximate surface area is 163 Å². The van der Waals surface area contributed by atoms with Crippen molar-refractivity contribution in [2.24, 2.45) is 0 Å². The number of nitrogens with one attached hydrogen (secondary N) is 1. The predicted octanol–water partition coefficient (Wildman–Crippen LogP) is 1.74. The van der Waals surface area contributed by atoms with Gasteiger partial charge < -0.3 is 10.2 Å². The van der Waals surface area contributed by atoms with Crippen LogP contribution in [0.5, 0.6) is 0 Å². The molecule has 0 bridgehead atoms. The quantitative estimate of drug-likeness (QED) is 0.824. The van der Waals surface area contributed by atoms with E-state index in [1.807, 2.05) is 38.8 Å². The van der Waals surface area contributed by atoms with Gasteiger partial charge in [-0.1, -0.05) is 30.3 Å². The molecule has 1 atom stereocenters. The molecule has 1 heterocycles. The van der Waals surface area contributed by atoms with E-state index < -0.39 is 0 Å². The highest BCUT2D eigenvalue weighted by Crippen LogP contribution is 2.21. The van der Waals surface area contributed by atoms with E-state index in [1.54, 1.807) is 4.90 Å². The van der Waals surface area contributed by atoms with Crippen molar-refractivity contribution in [3.8, 4) is 0 Å². The van der Waals surface area contributed by atoms with Gasteiger partial charge in [0, 0.05) is 37.8 Å². The summed E-state index contributed by atoms with van der Waals surface area (Å²) < 4.78 is 0. The zero-order valence-corrected chi connectivity index (χ0v) is 17.4. The highest BCUT2D eigenvalue weighted by atomic mass is 16.2.